The van der Waals surface area contributed by atoms with E-state index in [4.69, 9.17) is 4.74 Å². The number of hydrogen-bond donors (Lipinski definition) is 2. The number of carbonyl (C=O) groups is 3. The first-order chi connectivity index (χ1) is 13.5. The van der Waals surface area contributed by atoms with E-state index >= 15 is 0 Å². The lowest BCUT2D eigenvalue weighted by atomic mass is 10.1. The van der Waals surface area contributed by atoms with Gasteiger partial charge in [0.15, 0.2) is 6.61 Å². The standard InChI is InChI=1S/C21H23BrN2O4/c1-2-15-6-3-4-7-18(15)24-19(25)8-5-9-21(27)28-14-20(26)23-17-12-10-16(22)11-13-17/h3-4,6-7,10-13H,2,5,8-9,14H2,1H3,(H,23,26)(H,24,25). The van der Waals surface area contributed by atoms with Crippen molar-refractivity contribution >= 4 is 45.1 Å². The van der Waals surface area contributed by atoms with Crippen molar-refractivity contribution in [2.24, 2.45) is 0 Å². The van der Waals surface area contributed by atoms with Crippen molar-refractivity contribution in [3.05, 3.63) is 58.6 Å². The fourth-order valence-corrected chi connectivity index (χ4v) is 2.77. The second-order valence-corrected chi connectivity index (χ2v) is 7.04. The number of carbonyl (C=O) groups excluding carboxylic acids is 3. The van der Waals surface area contributed by atoms with Gasteiger partial charge in [0.25, 0.3) is 5.91 Å². The Hall–Kier alpha value is -2.67. The van der Waals surface area contributed by atoms with E-state index in [9.17, 15) is 14.4 Å². The van der Waals surface area contributed by atoms with Gasteiger partial charge in [0, 0.05) is 28.7 Å². The molecular formula is C21H23BrN2O4. The second kappa shape index (κ2) is 11.2. The zero-order chi connectivity index (χ0) is 20.4. The van der Waals surface area contributed by atoms with Crippen LogP contribution in [0.3, 0.4) is 0 Å². The highest BCUT2D eigenvalue weighted by molar-refractivity contribution is 9.10. The van der Waals surface area contributed by atoms with Crippen LogP contribution in [-0.4, -0.2) is 24.4 Å². The van der Waals surface area contributed by atoms with Gasteiger partial charge < -0.3 is 15.4 Å². The fraction of sp³-hybridized carbons (Fsp3) is 0.286. The summed E-state index contributed by atoms with van der Waals surface area (Å²) in [5.41, 5.74) is 2.47. The Bertz CT molecular complexity index is 821. The smallest absolute Gasteiger partial charge is 0.306 e. The minimum absolute atomic E-state index is 0.0778. The second-order valence-electron chi connectivity index (χ2n) is 6.13. The lowest BCUT2D eigenvalue weighted by Crippen LogP contribution is -2.21. The van der Waals surface area contributed by atoms with Gasteiger partial charge in [0.1, 0.15) is 0 Å². The molecule has 0 spiro atoms. The third-order valence-electron chi connectivity index (χ3n) is 3.95. The van der Waals surface area contributed by atoms with Crippen molar-refractivity contribution in [1.29, 1.82) is 0 Å². The molecule has 0 heterocycles. The topological polar surface area (TPSA) is 84.5 Å². The highest BCUT2D eigenvalue weighted by Crippen LogP contribution is 2.16. The van der Waals surface area contributed by atoms with Gasteiger partial charge >= 0.3 is 5.97 Å². The van der Waals surface area contributed by atoms with E-state index < -0.39 is 11.9 Å². The normalized spacial score (nSPS) is 10.2. The zero-order valence-electron chi connectivity index (χ0n) is 15.7. The van der Waals surface area contributed by atoms with Gasteiger partial charge in [-0.25, -0.2) is 0 Å². The molecule has 2 aromatic carbocycles. The number of nitrogens with one attached hydrogen (secondary N) is 2. The van der Waals surface area contributed by atoms with Gasteiger partial charge in [-0.1, -0.05) is 41.1 Å². The van der Waals surface area contributed by atoms with Crippen molar-refractivity contribution in [2.75, 3.05) is 17.2 Å². The number of para-hydroxylation sites is 1. The number of anilines is 2. The molecule has 0 aromatic heterocycles. The Balaban J connectivity index is 1.64. The molecule has 28 heavy (non-hydrogen) atoms. The largest absolute Gasteiger partial charge is 0.456 e. The number of rotatable bonds is 9. The number of amides is 2. The van der Waals surface area contributed by atoms with Gasteiger partial charge in [0.05, 0.1) is 0 Å². The van der Waals surface area contributed by atoms with Crippen LogP contribution in [-0.2, 0) is 25.5 Å². The molecule has 6 nitrogen and oxygen atoms in total. The van der Waals surface area contributed by atoms with E-state index in [1.165, 1.54) is 0 Å². The molecule has 2 amide bonds. The summed E-state index contributed by atoms with van der Waals surface area (Å²) >= 11 is 3.31. The van der Waals surface area contributed by atoms with Gasteiger partial charge in [-0.2, -0.15) is 0 Å². The van der Waals surface area contributed by atoms with Crippen LogP contribution in [0.15, 0.2) is 53.0 Å². The number of ether oxygens (including phenoxy) is 1. The van der Waals surface area contributed by atoms with Crippen LogP contribution in [0, 0.1) is 0 Å². The Morgan fingerprint density at radius 2 is 1.64 bits per heavy atom. The van der Waals surface area contributed by atoms with E-state index in [2.05, 4.69) is 26.6 Å². The van der Waals surface area contributed by atoms with Crippen molar-refractivity contribution in [3.8, 4) is 0 Å². The van der Waals surface area contributed by atoms with E-state index in [0.717, 1.165) is 22.1 Å². The van der Waals surface area contributed by atoms with Crippen LogP contribution in [0.25, 0.3) is 0 Å². The van der Waals surface area contributed by atoms with Gasteiger partial charge in [-0.05, 0) is 48.7 Å². The molecule has 0 bridgehead atoms. The number of esters is 1. The minimum atomic E-state index is -0.507. The molecule has 2 aromatic rings. The highest BCUT2D eigenvalue weighted by atomic mass is 79.9. The maximum absolute atomic E-state index is 12.0. The molecular weight excluding hydrogens is 424 g/mol. The summed E-state index contributed by atoms with van der Waals surface area (Å²) in [6.45, 7) is 1.67. The van der Waals surface area contributed by atoms with Crippen molar-refractivity contribution < 1.29 is 19.1 Å². The first-order valence-corrected chi connectivity index (χ1v) is 9.86. The Morgan fingerprint density at radius 1 is 0.929 bits per heavy atom. The molecule has 0 fully saturated rings. The van der Waals surface area contributed by atoms with Crippen LogP contribution < -0.4 is 10.6 Å². The van der Waals surface area contributed by atoms with Gasteiger partial charge in [-0.3, -0.25) is 14.4 Å². The predicted octanol–water partition coefficient (Wildman–Crippen LogP) is 4.30. The predicted molar refractivity (Wildman–Crippen MR) is 112 cm³/mol. The van der Waals surface area contributed by atoms with Crippen LogP contribution in [0.5, 0.6) is 0 Å². The molecule has 0 radical (unpaired) electrons. The summed E-state index contributed by atoms with van der Waals surface area (Å²) in [4.78, 5) is 35.6. The SMILES string of the molecule is CCc1ccccc1NC(=O)CCCC(=O)OCC(=O)Nc1ccc(Br)cc1. The number of hydrogen-bond acceptors (Lipinski definition) is 4. The summed E-state index contributed by atoms with van der Waals surface area (Å²) in [5.74, 6) is -1.07. The molecule has 0 aliphatic rings. The average Bonchev–Trinajstić information content (AvgIpc) is 2.68. The molecule has 0 atom stereocenters. The van der Waals surface area contributed by atoms with E-state index in [1.54, 1.807) is 24.3 Å². The molecule has 2 rings (SSSR count). The minimum Gasteiger partial charge on any atom is -0.456 e. The average molecular weight is 447 g/mol. The van der Waals surface area contributed by atoms with E-state index in [-0.39, 0.29) is 25.4 Å². The molecule has 0 aliphatic carbocycles. The molecule has 2 N–H and O–H groups in total. The van der Waals surface area contributed by atoms with Crippen molar-refractivity contribution in [2.45, 2.75) is 32.6 Å². The molecule has 0 saturated carbocycles. The quantitative estimate of drug-likeness (QED) is 0.562. The lowest BCUT2D eigenvalue weighted by molar-refractivity contribution is -0.147. The summed E-state index contributed by atoms with van der Waals surface area (Å²) in [5, 5.41) is 5.49. The molecule has 148 valence electrons. The maximum atomic E-state index is 12.0. The van der Waals surface area contributed by atoms with E-state index in [0.29, 0.717) is 12.1 Å². The van der Waals surface area contributed by atoms with Crippen LogP contribution in [0.1, 0.15) is 31.7 Å². The molecule has 0 aliphatic heterocycles. The Labute approximate surface area is 172 Å². The van der Waals surface area contributed by atoms with Crippen LogP contribution >= 0.6 is 15.9 Å². The van der Waals surface area contributed by atoms with Crippen LogP contribution in [0.2, 0.25) is 0 Å². The molecule has 0 unspecified atom stereocenters. The highest BCUT2D eigenvalue weighted by Gasteiger charge is 2.10. The maximum Gasteiger partial charge on any atom is 0.306 e. The molecule has 0 saturated heterocycles. The zero-order valence-corrected chi connectivity index (χ0v) is 17.3. The number of aryl methyl sites for hydroxylation is 1. The Morgan fingerprint density at radius 3 is 2.36 bits per heavy atom. The Kier molecular flexibility index (Phi) is 8.68. The lowest BCUT2D eigenvalue weighted by Gasteiger charge is -2.09. The summed E-state index contributed by atoms with van der Waals surface area (Å²) in [6.07, 6.45) is 1.46. The van der Waals surface area contributed by atoms with Crippen LogP contribution in [0.4, 0.5) is 11.4 Å². The van der Waals surface area contributed by atoms with Gasteiger partial charge in [0.2, 0.25) is 5.91 Å². The first-order valence-electron chi connectivity index (χ1n) is 9.06. The third-order valence-corrected chi connectivity index (χ3v) is 4.48. The molecule has 7 heteroatoms. The summed E-state index contributed by atoms with van der Waals surface area (Å²) in [6, 6.07) is 14.7. The first kappa shape index (κ1) is 21.6. The number of halogens is 1. The number of benzene rings is 2. The third kappa shape index (κ3) is 7.52. The monoisotopic (exact) mass is 446 g/mol. The fourth-order valence-electron chi connectivity index (χ4n) is 2.51. The van der Waals surface area contributed by atoms with Gasteiger partial charge in [-0.15, -0.1) is 0 Å². The van der Waals surface area contributed by atoms with E-state index in [1.807, 2.05) is 31.2 Å². The van der Waals surface area contributed by atoms with Crippen molar-refractivity contribution in [1.82, 2.24) is 0 Å². The van der Waals surface area contributed by atoms with Crippen molar-refractivity contribution in [3.63, 3.8) is 0 Å². The summed E-state index contributed by atoms with van der Waals surface area (Å²) < 4.78 is 5.85. The summed E-state index contributed by atoms with van der Waals surface area (Å²) in [7, 11) is 0.